The third-order valence-electron chi connectivity index (χ3n) is 3.18. The lowest BCUT2D eigenvalue weighted by Gasteiger charge is -2.02. The van der Waals surface area contributed by atoms with Gasteiger partial charge in [0.1, 0.15) is 10.7 Å². The molecule has 0 saturated carbocycles. The highest BCUT2D eigenvalue weighted by molar-refractivity contribution is 7.13. The van der Waals surface area contributed by atoms with Crippen molar-refractivity contribution in [1.29, 1.82) is 0 Å². The van der Waals surface area contributed by atoms with E-state index in [1.54, 1.807) is 11.3 Å². The SMILES string of the molecule is Cc1cc(C)nc(-c2csc(-c3cc(C)cc(C)n3)n2)c1. The highest BCUT2D eigenvalue weighted by Crippen LogP contribution is 2.28. The Balaban J connectivity index is 2.03. The number of pyridine rings is 2. The van der Waals surface area contributed by atoms with Crippen LogP contribution in [0.4, 0.5) is 0 Å². The Labute approximate surface area is 128 Å². The maximum Gasteiger partial charge on any atom is 0.142 e. The molecule has 4 heteroatoms. The molecule has 0 unspecified atom stereocenters. The monoisotopic (exact) mass is 295 g/mol. The van der Waals surface area contributed by atoms with Crippen LogP contribution in [0.25, 0.3) is 22.1 Å². The van der Waals surface area contributed by atoms with E-state index in [0.717, 1.165) is 33.5 Å². The fraction of sp³-hybridized carbons (Fsp3) is 0.235. The molecule has 3 rings (SSSR count). The Morgan fingerprint density at radius 2 is 1.24 bits per heavy atom. The third kappa shape index (κ3) is 3.00. The molecule has 0 atom stereocenters. The molecule has 3 nitrogen and oxygen atoms in total. The largest absolute Gasteiger partial charge is 0.251 e. The van der Waals surface area contributed by atoms with Crippen molar-refractivity contribution in [1.82, 2.24) is 15.0 Å². The van der Waals surface area contributed by atoms with E-state index in [0.29, 0.717) is 0 Å². The molecule has 0 aromatic carbocycles. The molecular formula is C17H17N3S. The summed E-state index contributed by atoms with van der Waals surface area (Å²) in [5, 5.41) is 2.99. The van der Waals surface area contributed by atoms with E-state index < -0.39 is 0 Å². The molecule has 0 fully saturated rings. The van der Waals surface area contributed by atoms with Gasteiger partial charge in [0.2, 0.25) is 0 Å². The summed E-state index contributed by atoms with van der Waals surface area (Å²) in [6.45, 7) is 8.18. The normalized spacial score (nSPS) is 10.9. The molecule has 0 aliphatic carbocycles. The van der Waals surface area contributed by atoms with E-state index in [9.17, 15) is 0 Å². The van der Waals surface area contributed by atoms with Gasteiger partial charge in [0.15, 0.2) is 0 Å². The van der Waals surface area contributed by atoms with Gasteiger partial charge in [-0.15, -0.1) is 11.3 Å². The zero-order valence-corrected chi connectivity index (χ0v) is 13.5. The van der Waals surface area contributed by atoms with Gasteiger partial charge in [0.05, 0.1) is 11.4 Å². The van der Waals surface area contributed by atoms with E-state index in [1.165, 1.54) is 11.1 Å². The summed E-state index contributed by atoms with van der Waals surface area (Å²) >= 11 is 1.61. The lowest BCUT2D eigenvalue weighted by Crippen LogP contribution is -1.91. The van der Waals surface area contributed by atoms with Crippen molar-refractivity contribution in [2.45, 2.75) is 27.7 Å². The Morgan fingerprint density at radius 1 is 0.667 bits per heavy atom. The van der Waals surface area contributed by atoms with Crippen LogP contribution in [-0.2, 0) is 0 Å². The smallest absolute Gasteiger partial charge is 0.142 e. The summed E-state index contributed by atoms with van der Waals surface area (Å²) in [7, 11) is 0. The van der Waals surface area contributed by atoms with Gasteiger partial charge in [-0.1, -0.05) is 0 Å². The number of aromatic nitrogens is 3. The Hall–Kier alpha value is -2.07. The van der Waals surface area contributed by atoms with Crippen LogP contribution in [0.1, 0.15) is 22.5 Å². The second-order valence-electron chi connectivity index (χ2n) is 5.38. The first kappa shape index (κ1) is 13.9. The third-order valence-corrected chi connectivity index (χ3v) is 4.05. The van der Waals surface area contributed by atoms with Crippen molar-refractivity contribution >= 4 is 11.3 Å². The van der Waals surface area contributed by atoms with E-state index in [2.05, 4.69) is 53.5 Å². The molecule has 3 aromatic rings. The van der Waals surface area contributed by atoms with Crippen LogP contribution in [0.15, 0.2) is 29.6 Å². The van der Waals surface area contributed by atoms with Crippen LogP contribution in [-0.4, -0.2) is 15.0 Å². The minimum Gasteiger partial charge on any atom is -0.251 e. The standard InChI is InChI=1S/C17H17N3S/c1-10-5-12(3)18-14(7-10)16-9-21-17(20-16)15-8-11(2)6-13(4)19-15/h5-9H,1-4H3. The predicted molar refractivity (Wildman–Crippen MR) is 87.5 cm³/mol. The molecule has 3 aromatic heterocycles. The fourth-order valence-electron chi connectivity index (χ4n) is 2.43. The van der Waals surface area contributed by atoms with Gasteiger partial charge >= 0.3 is 0 Å². The Morgan fingerprint density at radius 3 is 1.86 bits per heavy atom. The number of hydrogen-bond acceptors (Lipinski definition) is 4. The maximum atomic E-state index is 4.71. The van der Waals surface area contributed by atoms with Gasteiger partial charge in [-0.2, -0.15) is 0 Å². The molecule has 0 saturated heterocycles. The van der Waals surface area contributed by atoms with E-state index in [4.69, 9.17) is 4.98 Å². The van der Waals surface area contributed by atoms with Crippen LogP contribution in [0, 0.1) is 27.7 Å². The van der Waals surface area contributed by atoms with Gasteiger partial charge in [0.25, 0.3) is 0 Å². The van der Waals surface area contributed by atoms with Crippen LogP contribution in [0.2, 0.25) is 0 Å². The number of hydrogen-bond donors (Lipinski definition) is 0. The molecule has 21 heavy (non-hydrogen) atoms. The highest BCUT2D eigenvalue weighted by Gasteiger charge is 2.10. The zero-order valence-electron chi connectivity index (χ0n) is 12.6. The molecule has 0 bridgehead atoms. The lowest BCUT2D eigenvalue weighted by molar-refractivity contribution is 1.15. The van der Waals surface area contributed by atoms with Gasteiger partial charge in [-0.3, -0.25) is 9.97 Å². The van der Waals surface area contributed by atoms with Gasteiger partial charge < -0.3 is 0 Å². The van der Waals surface area contributed by atoms with Gasteiger partial charge in [-0.25, -0.2) is 4.98 Å². The van der Waals surface area contributed by atoms with Gasteiger partial charge in [-0.05, 0) is 63.1 Å². The van der Waals surface area contributed by atoms with Crippen molar-refractivity contribution in [2.75, 3.05) is 0 Å². The van der Waals surface area contributed by atoms with Crippen LogP contribution in [0.3, 0.4) is 0 Å². The molecule has 0 aliphatic rings. The molecule has 0 aliphatic heterocycles. The van der Waals surface area contributed by atoms with E-state index in [-0.39, 0.29) is 0 Å². The Bertz CT molecular complexity index is 699. The molecule has 3 heterocycles. The lowest BCUT2D eigenvalue weighted by atomic mass is 10.2. The minimum atomic E-state index is 0.919. The summed E-state index contributed by atoms with van der Waals surface area (Å²) < 4.78 is 0. The first-order valence-electron chi connectivity index (χ1n) is 6.88. The average Bonchev–Trinajstić information content (AvgIpc) is 2.85. The van der Waals surface area contributed by atoms with Crippen molar-refractivity contribution < 1.29 is 0 Å². The van der Waals surface area contributed by atoms with E-state index >= 15 is 0 Å². The van der Waals surface area contributed by atoms with Crippen molar-refractivity contribution in [2.24, 2.45) is 0 Å². The molecule has 0 amide bonds. The van der Waals surface area contributed by atoms with Crippen molar-refractivity contribution in [3.8, 4) is 22.1 Å². The summed E-state index contributed by atoms with van der Waals surface area (Å²) in [6.07, 6.45) is 0. The van der Waals surface area contributed by atoms with Crippen molar-refractivity contribution in [3.63, 3.8) is 0 Å². The summed E-state index contributed by atoms with van der Waals surface area (Å²) in [5.41, 5.74) is 7.24. The topological polar surface area (TPSA) is 38.7 Å². The Kier molecular flexibility index (Phi) is 3.55. The number of thiazole rings is 1. The summed E-state index contributed by atoms with van der Waals surface area (Å²) in [6, 6.07) is 8.29. The highest BCUT2D eigenvalue weighted by atomic mass is 32.1. The van der Waals surface area contributed by atoms with Crippen LogP contribution < -0.4 is 0 Å². The zero-order chi connectivity index (χ0) is 15.0. The minimum absolute atomic E-state index is 0.919. The second-order valence-corrected chi connectivity index (χ2v) is 6.24. The maximum absolute atomic E-state index is 4.71. The second kappa shape index (κ2) is 5.37. The predicted octanol–water partition coefficient (Wildman–Crippen LogP) is 4.50. The number of aryl methyl sites for hydroxylation is 4. The first-order valence-corrected chi connectivity index (χ1v) is 7.76. The molecule has 0 N–H and O–H groups in total. The molecule has 0 spiro atoms. The number of nitrogens with zero attached hydrogens (tertiary/aromatic N) is 3. The molecular weight excluding hydrogens is 278 g/mol. The molecule has 0 radical (unpaired) electrons. The summed E-state index contributed by atoms with van der Waals surface area (Å²) in [5.74, 6) is 0. The quantitative estimate of drug-likeness (QED) is 0.698. The van der Waals surface area contributed by atoms with Crippen LogP contribution >= 0.6 is 11.3 Å². The van der Waals surface area contributed by atoms with Gasteiger partial charge in [0, 0.05) is 16.8 Å². The molecule has 106 valence electrons. The van der Waals surface area contributed by atoms with Crippen LogP contribution in [0.5, 0.6) is 0 Å². The number of rotatable bonds is 2. The fourth-order valence-corrected chi connectivity index (χ4v) is 3.21. The first-order chi connectivity index (χ1) is 10.0. The average molecular weight is 295 g/mol. The van der Waals surface area contributed by atoms with E-state index in [1.807, 2.05) is 13.8 Å². The summed E-state index contributed by atoms with van der Waals surface area (Å²) in [4.78, 5) is 13.9. The van der Waals surface area contributed by atoms with Crippen molar-refractivity contribution in [3.05, 3.63) is 52.2 Å².